The summed E-state index contributed by atoms with van der Waals surface area (Å²) in [5, 5.41) is 2.26. The summed E-state index contributed by atoms with van der Waals surface area (Å²) in [4.78, 5) is 12.2. The molecule has 1 heterocycles. The lowest BCUT2D eigenvalue weighted by Crippen LogP contribution is -2.06. The highest BCUT2D eigenvalue weighted by atomic mass is 16.5. The van der Waals surface area contributed by atoms with Gasteiger partial charge in [-0.05, 0) is 43.2 Å². The summed E-state index contributed by atoms with van der Waals surface area (Å²) in [6.07, 6.45) is 0. The summed E-state index contributed by atoms with van der Waals surface area (Å²) >= 11 is 0. The Morgan fingerprint density at radius 2 is 1.69 bits per heavy atom. The van der Waals surface area contributed by atoms with Gasteiger partial charge in [-0.1, -0.05) is 48.5 Å². The van der Waals surface area contributed by atoms with Crippen LogP contribution in [0.25, 0.3) is 21.8 Å². The number of ether oxygens (including phenoxy) is 1. The van der Waals surface area contributed by atoms with Crippen molar-refractivity contribution in [2.24, 2.45) is 0 Å². The van der Waals surface area contributed by atoms with E-state index in [0.29, 0.717) is 12.2 Å². The van der Waals surface area contributed by atoms with Gasteiger partial charge in [0.2, 0.25) is 0 Å². The monoisotopic (exact) mass is 343 g/mol. The van der Waals surface area contributed by atoms with Crippen LogP contribution < -0.4 is 0 Å². The van der Waals surface area contributed by atoms with Crippen molar-refractivity contribution in [2.75, 3.05) is 6.61 Å². The molecule has 3 aromatic carbocycles. The Hall–Kier alpha value is -3.07. The van der Waals surface area contributed by atoms with Crippen LogP contribution in [0.4, 0.5) is 0 Å². The Morgan fingerprint density at radius 1 is 0.962 bits per heavy atom. The second-order valence-corrected chi connectivity index (χ2v) is 6.50. The van der Waals surface area contributed by atoms with E-state index in [-0.39, 0.29) is 5.97 Å². The number of carbonyl (C=O) groups excluding carboxylic acids is 1. The third kappa shape index (κ3) is 2.76. The van der Waals surface area contributed by atoms with Gasteiger partial charge in [0, 0.05) is 22.8 Å². The molecular formula is C23H21NO2. The number of nitrogens with zero attached hydrogens (tertiary/aromatic N) is 1. The smallest absolute Gasteiger partial charge is 0.338 e. The fourth-order valence-corrected chi connectivity index (χ4v) is 3.66. The summed E-state index contributed by atoms with van der Waals surface area (Å²) in [6.45, 7) is 5.07. The van der Waals surface area contributed by atoms with Gasteiger partial charge < -0.3 is 9.30 Å². The lowest BCUT2D eigenvalue weighted by Gasteiger charge is -2.10. The Balaban J connectivity index is 1.97. The first-order valence-corrected chi connectivity index (χ1v) is 8.91. The van der Waals surface area contributed by atoms with Crippen molar-refractivity contribution in [2.45, 2.75) is 20.4 Å². The molecule has 3 heteroatoms. The third-order valence-electron chi connectivity index (χ3n) is 4.75. The summed E-state index contributed by atoms with van der Waals surface area (Å²) in [5.74, 6) is -0.266. The number of hydrogen-bond acceptors (Lipinski definition) is 2. The number of aromatic nitrogens is 1. The first-order chi connectivity index (χ1) is 12.7. The van der Waals surface area contributed by atoms with Crippen molar-refractivity contribution in [3.8, 4) is 0 Å². The van der Waals surface area contributed by atoms with E-state index in [1.807, 2.05) is 31.2 Å². The number of rotatable bonds is 4. The van der Waals surface area contributed by atoms with Crippen LogP contribution in [0.5, 0.6) is 0 Å². The van der Waals surface area contributed by atoms with E-state index in [4.69, 9.17) is 4.74 Å². The lowest BCUT2D eigenvalue weighted by atomic mass is 10.1. The van der Waals surface area contributed by atoms with Gasteiger partial charge in [0.05, 0.1) is 17.7 Å². The minimum absolute atomic E-state index is 0.266. The number of hydrogen-bond donors (Lipinski definition) is 0. The predicted octanol–water partition coefficient (Wildman–Crippen LogP) is 5.33. The van der Waals surface area contributed by atoms with Crippen LogP contribution in [-0.4, -0.2) is 17.1 Å². The van der Waals surface area contributed by atoms with Crippen LogP contribution in [0.2, 0.25) is 0 Å². The number of fused-ring (bicyclic) bond motifs is 3. The fraction of sp³-hybridized carbons (Fsp3) is 0.174. The molecule has 0 bridgehead atoms. The van der Waals surface area contributed by atoms with Crippen molar-refractivity contribution < 1.29 is 9.53 Å². The molecule has 1 aromatic heterocycles. The predicted molar refractivity (Wildman–Crippen MR) is 106 cm³/mol. The zero-order valence-electron chi connectivity index (χ0n) is 15.0. The molecule has 0 atom stereocenters. The Morgan fingerprint density at radius 3 is 2.46 bits per heavy atom. The van der Waals surface area contributed by atoms with E-state index in [1.54, 1.807) is 0 Å². The maximum atomic E-state index is 12.2. The van der Waals surface area contributed by atoms with E-state index in [1.165, 1.54) is 16.6 Å². The largest absolute Gasteiger partial charge is 0.462 e. The molecule has 0 aliphatic carbocycles. The topological polar surface area (TPSA) is 31.2 Å². The zero-order chi connectivity index (χ0) is 18.1. The Bertz CT molecular complexity index is 1090. The molecule has 0 amide bonds. The van der Waals surface area contributed by atoms with Gasteiger partial charge in [-0.2, -0.15) is 0 Å². The van der Waals surface area contributed by atoms with Gasteiger partial charge in [0.1, 0.15) is 0 Å². The van der Waals surface area contributed by atoms with Crippen LogP contribution in [-0.2, 0) is 11.3 Å². The first kappa shape index (κ1) is 16.4. The Labute approximate surface area is 152 Å². The second kappa shape index (κ2) is 6.68. The summed E-state index contributed by atoms with van der Waals surface area (Å²) < 4.78 is 7.54. The SMILES string of the molecule is CCOC(=O)c1cc(C)c2c(c1)c1ccccc1n2Cc1ccccc1. The molecule has 26 heavy (non-hydrogen) atoms. The van der Waals surface area contributed by atoms with Crippen molar-refractivity contribution in [3.63, 3.8) is 0 Å². The molecule has 4 rings (SSSR count). The normalized spacial score (nSPS) is 11.2. The van der Waals surface area contributed by atoms with Gasteiger partial charge >= 0.3 is 5.97 Å². The molecule has 0 saturated carbocycles. The molecule has 0 saturated heterocycles. The highest BCUT2D eigenvalue weighted by Crippen LogP contribution is 2.33. The first-order valence-electron chi connectivity index (χ1n) is 8.91. The zero-order valence-corrected chi connectivity index (χ0v) is 15.0. The fourth-order valence-electron chi connectivity index (χ4n) is 3.66. The number of aryl methyl sites for hydroxylation is 1. The maximum absolute atomic E-state index is 12.2. The molecule has 0 unspecified atom stereocenters. The average Bonchev–Trinajstić information content (AvgIpc) is 2.97. The molecule has 0 N–H and O–H groups in total. The van der Waals surface area contributed by atoms with E-state index < -0.39 is 0 Å². The van der Waals surface area contributed by atoms with Gasteiger partial charge in [-0.15, -0.1) is 0 Å². The van der Waals surface area contributed by atoms with Crippen molar-refractivity contribution in [1.29, 1.82) is 0 Å². The van der Waals surface area contributed by atoms with Crippen LogP contribution in [0.3, 0.4) is 0 Å². The number of carbonyl (C=O) groups is 1. The van der Waals surface area contributed by atoms with E-state index in [9.17, 15) is 4.79 Å². The van der Waals surface area contributed by atoms with Crippen molar-refractivity contribution >= 4 is 27.8 Å². The quantitative estimate of drug-likeness (QED) is 0.469. The van der Waals surface area contributed by atoms with Crippen LogP contribution in [0.15, 0.2) is 66.7 Å². The molecular weight excluding hydrogens is 322 g/mol. The van der Waals surface area contributed by atoms with Gasteiger partial charge in [-0.25, -0.2) is 4.79 Å². The third-order valence-corrected chi connectivity index (χ3v) is 4.75. The number of esters is 1. The summed E-state index contributed by atoms with van der Waals surface area (Å²) in [7, 11) is 0. The molecule has 130 valence electrons. The lowest BCUT2D eigenvalue weighted by molar-refractivity contribution is 0.0526. The highest BCUT2D eigenvalue weighted by molar-refractivity contribution is 6.11. The van der Waals surface area contributed by atoms with Crippen molar-refractivity contribution in [1.82, 2.24) is 4.57 Å². The molecule has 0 fully saturated rings. The van der Waals surface area contributed by atoms with E-state index >= 15 is 0 Å². The van der Waals surface area contributed by atoms with Crippen molar-refractivity contribution in [3.05, 3.63) is 83.4 Å². The minimum atomic E-state index is -0.266. The molecule has 0 aliphatic heterocycles. The van der Waals surface area contributed by atoms with E-state index in [2.05, 4.69) is 54.0 Å². The Kier molecular flexibility index (Phi) is 4.21. The second-order valence-electron chi connectivity index (χ2n) is 6.50. The highest BCUT2D eigenvalue weighted by Gasteiger charge is 2.16. The summed E-state index contributed by atoms with van der Waals surface area (Å²) in [6, 6.07) is 22.7. The molecule has 4 aromatic rings. The molecule has 0 aliphatic rings. The van der Waals surface area contributed by atoms with Gasteiger partial charge in [0.15, 0.2) is 0 Å². The maximum Gasteiger partial charge on any atom is 0.338 e. The molecule has 0 radical (unpaired) electrons. The number of benzene rings is 3. The average molecular weight is 343 g/mol. The minimum Gasteiger partial charge on any atom is -0.462 e. The van der Waals surface area contributed by atoms with Gasteiger partial charge in [-0.3, -0.25) is 0 Å². The van der Waals surface area contributed by atoms with Crippen LogP contribution in [0.1, 0.15) is 28.4 Å². The van der Waals surface area contributed by atoms with Crippen LogP contribution in [0, 0.1) is 6.92 Å². The summed E-state index contributed by atoms with van der Waals surface area (Å²) in [5.41, 5.74) is 5.29. The van der Waals surface area contributed by atoms with Gasteiger partial charge in [0.25, 0.3) is 0 Å². The standard InChI is InChI=1S/C23H21NO2/c1-3-26-23(25)18-13-16(2)22-20(14-18)19-11-7-8-12-21(19)24(22)15-17-9-5-4-6-10-17/h4-14H,3,15H2,1-2H3. The molecule has 0 spiro atoms. The van der Waals surface area contributed by atoms with E-state index in [0.717, 1.165) is 22.9 Å². The van der Waals surface area contributed by atoms with Crippen LogP contribution >= 0.6 is 0 Å². The molecule has 3 nitrogen and oxygen atoms in total. The number of para-hydroxylation sites is 1.